The maximum absolute atomic E-state index is 14.1. The third-order valence-electron chi connectivity index (χ3n) is 7.55. The molecule has 0 saturated heterocycles. The highest BCUT2D eigenvalue weighted by Gasteiger charge is 2.26. The molecule has 49 heavy (non-hydrogen) atoms. The van der Waals surface area contributed by atoms with Crippen LogP contribution in [0.4, 0.5) is 16.2 Å². The summed E-state index contributed by atoms with van der Waals surface area (Å²) >= 11 is 0. The quantitative estimate of drug-likeness (QED) is 0.0899. The number of hydrogen-bond acceptors (Lipinski definition) is 8. The summed E-state index contributed by atoms with van der Waals surface area (Å²) in [7, 11) is 3.10. The second-order valence-corrected chi connectivity index (χ2v) is 12.5. The lowest BCUT2D eigenvalue weighted by molar-refractivity contribution is -0.118. The van der Waals surface area contributed by atoms with Crippen molar-refractivity contribution >= 4 is 46.7 Å². The van der Waals surface area contributed by atoms with Crippen molar-refractivity contribution in [1.29, 1.82) is 0 Å². The second kappa shape index (κ2) is 16.0. The number of aryl methyl sites for hydroxylation is 1. The number of nitrogens with two attached hydrogens (primary N) is 1. The number of fused-ring (bicyclic) bond motifs is 1. The molecule has 13 nitrogen and oxygen atoms in total. The molecule has 1 heterocycles. The van der Waals surface area contributed by atoms with E-state index in [0.29, 0.717) is 65.3 Å². The Kier molecular flexibility index (Phi) is 11.8. The van der Waals surface area contributed by atoms with Crippen LogP contribution in [0.25, 0.3) is 22.2 Å². The van der Waals surface area contributed by atoms with Gasteiger partial charge in [-0.1, -0.05) is 18.2 Å². The van der Waals surface area contributed by atoms with Crippen molar-refractivity contribution in [2.75, 3.05) is 31.0 Å². The Labute approximate surface area is 285 Å². The van der Waals surface area contributed by atoms with Crippen molar-refractivity contribution in [3.05, 3.63) is 65.5 Å². The number of nitrogens with one attached hydrogen (secondary N) is 3. The molecule has 4 aromatic rings. The van der Waals surface area contributed by atoms with E-state index >= 15 is 0 Å². The average Bonchev–Trinajstić information content (AvgIpc) is 3.47. The zero-order valence-corrected chi connectivity index (χ0v) is 28.8. The van der Waals surface area contributed by atoms with Gasteiger partial charge in [0.1, 0.15) is 17.2 Å². The molecule has 0 spiro atoms. The molecule has 5 N–H and O–H groups in total. The molecule has 0 aliphatic rings. The van der Waals surface area contributed by atoms with Crippen LogP contribution in [0.15, 0.2) is 48.5 Å². The molecule has 1 aromatic heterocycles. The fourth-order valence-electron chi connectivity index (χ4n) is 5.31. The first-order chi connectivity index (χ1) is 23.3. The summed E-state index contributed by atoms with van der Waals surface area (Å²) in [6.45, 7) is 7.79. The van der Waals surface area contributed by atoms with Gasteiger partial charge >= 0.3 is 6.09 Å². The summed E-state index contributed by atoms with van der Waals surface area (Å²) in [5.74, 6) is 0.576. The standard InChI is InChI=1S/C36H44N6O7/c1-22-14-17-27(28(19-22)48-18-9-7-8-13-29(37)44)42(5)34(45)25-16-15-24(33(47-6)32(25)39-21-43)23-11-10-12-26-31(23)41-30(40-26)20-38-35(46)49-36(2,3)4/h10-12,14-17,19,21H,7-9,13,18,20H2,1-6H3,(H2,37,44)(H,38,46)(H,39,43)(H,40,41). The molecule has 260 valence electrons. The minimum atomic E-state index is -0.637. The number of para-hydroxylation sites is 1. The highest BCUT2D eigenvalue weighted by molar-refractivity contribution is 6.13. The fourth-order valence-corrected chi connectivity index (χ4v) is 5.31. The van der Waals surface area contributed by atoms with Crippen LogP contribution in [0.3, 0.4) is 0 Å². The number of aromatic nitrogens is 2. The van der Waals surface area contributed by atoms with Gasteiger partial charge in [-0.25, -0.2) is 9.78 Å². The van der Waals surface area contributed by atoms with Crippen LogP contribution in [0, 0.1) is 6.92 Å². The Balaban J connectivity index is 1.63. The number of methoxy groups -OCH3 is 1. The molecule has 4 amide bonds. The van der Waals surface area contributed by atoms with Crippen LogP contribution >= 0.6 is 0 Å². The van der Waals surface area contributed by atoms with E-state index in [1.165, 1.54) is 12.0 Å². The molecular weight excluding hydrogens is 628 g/mol. The number of alkyl carbamates (subject to hydrolysis) is 1. The normalized spacial score (nSPS) is 11.1. The number of unbranched alkanes of at least 4 members (excludes halogenated alkanes) is 2. The molecule has 13 heteroatoms. The van der Waals surface area contributed by atoms with Gasteiger partial charge in [0.15, 0.2) is 5.75 Å². The van der Waals surface area contributed by atoms with Gasteiger partial charge in [0.05, 0.1) is 48.2 Å². The number of primary amides is 1. The van der Waals surface area contributed by atoms with Crippen LogP contribution in [0.5, 0.6) is 11.5 Å². The Morgan fingerprint density at radius 1 is 1.04 bits per heavy atom. The minimum absolute atomic E-state index is 0.109. The van der Waals surface area contributed by atoms with E-state index < -0.39 is 17.6 Å². The summed E-state index contributed by atoms with van der Waals surface area (Å²) in [6.07, 6.45) is 2.44. The van der Waals surface area contributed by atoms with Gasteiger partial charge in [-0.3, -0.25) is 14.4 Å². The van der Waals surface area contributed by atoms with E-state index in [1.54, 1.807) is 40.0 Å². The third-order valence-corrected chi connectivity index (χ3v) is 7.55. The lowest BCUT2D eigenvalue weighted by Gasteiger charge is -2.24. The van der Waals surface area contributed by atoms with Crippen molar-refractivity contribution in [2.24, 2.45) is 5.73 Å². The van der Waals surface area contributed by atoms with Crippen molar-refractivity contribution in [1.82, 2.24) is 15.3 Å². The zero-order chi connectivity index (χ0) is 35.7. The summed E-state index contributed by atoms with van der Waals surface area (Å²) < 4.78 is 17.2. The third kappa shape index (κ3) is 9.28. The first kappa shape index (κ1) is 36.2. The Morgan fingerprint density at radius 2 is 1.82 bits per heavy atom. The summed E-state index contributed by atoms with van der Waals surface area (Å²) in [5, 5.41) is 5.38. The van der Waals surface area contributed by atoms with Crippen LogP contribution in [-0.4, -0.2) is 60.7 Å². The number of carbonyl (C=O) groups is 4. The number of imidazole rings is 1. The number of anilines is 2. The van der Waals surface area contributed by atoms with E-state index in [4.69, 9.17) is 24.9 Å². The van der Waals surface area contributed by atoms with Gasteiger partial charge < -0.3 is 40.5 Å². The molecule has 0 unspecified atom stereocenters. The van der Waals surface area contributed by atoms with Crippen LogP contribution in [0.2, 0.25) is 0 Å². The first-order valence-electron chi connectivity index (χ1n) is 16.0. The van der Waals surface area contributed by atoms with Gasteiger partial charge in [-0.2, -0.15) is 0 Å². The average molecular weight is 673 g/mol. The summed E-state index contributed by atoms with van der Waals surface area (Å²) in [6, 6.07) is 14.5. The molecule has 0 fully saturated rings. The number of aromatic amines is 1. The SMILES string of the molecule is COc1c(-c2cccc3[nH]c(CNC(=O)OC(C)(C)C)nc23)ccc(C(=O)N(C)c2ccc(C)cc2OCCCCCC(N)=O)c1NC=O. The molecule has 0 atom stereocenters. The van der Waals surface area contributed by atoms with Gasteiger partial charge in [0.25, 0.3) is 5.91 Å². The first-order valence-corrected chi connectivity index (χ1v) is 16.0. The van der Waals surface area contributed by atoms with E-state index in [2.05, 4.69) is 15.6 Å². The monoisotopic (exact) mass is 672 g/mol. The number of ether oxygens (including phenoxy) is 3. The lowest BCUT2D eigenvalue weighted by atomic mass is 9.98. The largest absolute Gasteiger partial charge is 0.494 e. The number of H-pyrrole nitrogens is 1. The predicted octanol–water partition coefficient (Wildman–Crippen LogP) is 5.84. The summed E-state index contributed by atoms with van der Waals surface area (Å²) in [5.41, 5.74) is 9.07. The van der Waals surface area contributed by atoms with Gasteiger partial charge in [-0.05, 0) is 82.9 Å². The van der Waals surface area contributed by atoms with Crippen molar-refractivity contribution in [3.63, 3.8) is 0 Å². The van der Waals surface area contributed by atoms with Crippen LogP contribution in [-0.2, 0) is 20.9 Å². The maximum atomic E-state index is 14.1. The molecule has 3 aromatic carbocycles. The number of amides is 4. The van der Waals surface area contributed by atoms with Gasteiger partial charge in [0, 0.05) is 24.6 Å². The van der Waals surface area contributed by atoms with Crippen LogP contribution < -0.4 is 30.7 Å². The van der Waals surface area contributed by atoms with Crippen molar-refractivity contribution in [3.8, 4) is 22.6 Å². The molecule has 0 aliphatic heterocycles. The minimum Gasteiger partial charge on any atom is -0.494 e. The molecule has 0 saturated carbocycles. The van der Waals surface area contributed by atoms with Crippen molar-refractivity contribution < 1.29 is 33.4 Å². The van der Waals surface area contributed by atoms with Gasteiger partial charge in [0.2, 0.25) is 12.3 Å². The van der Waals surface area contributed by atoms with E-state index in [0.717, 1.165) is 18.4 Å². The Bertz CT molecular complexity index is 1830. The van der Waals surface area contributed by atoms with Crippen LogP contribution in [0.1, 0.15) is 68.2 Å². The molecule has 0 radical (unpaired) electrons. The number of benzene rings is 3. The number of nitrogens with zero attached hydrogens (tertiary/aromatic N) is 2. The zero-order valence-electron chi connectivity index (χ0n) is 28.8. The second-order valence-electron chi connectivity index (χ2n) is 12.5. The fraction of sp³-hybridized carbons (Fsp3) is 0.361. The lowest BCUT2D eigenvalue weighted by Crippen LogP contribution is -2.32. The van der Waals surface area contributed by atoms with E-state index in [9.17, 15) is 19.2 Å². The van der Waals surface area contributed by atoms with Crippen molar-refractivity contribution in [2.45, 2.75) is 65.5 Å². The highest BCUT2D eigenvalue weighted by atomic mass is 16.6. The summed E-state index contributed by atoms with van der Waals surface area (Å²) in [4.78, 5) is 58.5. The highest BCUT2D eigenvalue weighted by Crippen LogP contribution is 2.42. The maximum Gasteiger partial charge on any atom is 0.408 e. The van der Waals surface area contributed by atoms with Gasteiger partial charge in [-0.15, -0.1) is 0 Å². The molecule has 0 bridgehead atoms. The Hall–Kier alpha value is -5.59. The smallest absolute Gasteiger partial charge is 0.408 e. The predicted molar refractivity (Wildman–Crippen MR) is 188 cm³/mol. The topological polar surface area (TPSA) is 178 Å². The van der Waals surface area contributed by atoms with E-state index in [1.807, 2.05) is 43.3 Å². The molecule has 4 rings (SSSR count). The van der Waals surface area contributed by atoms with E-state index in [-0.39, 0.29) is 29.5 Å². The Morgan fingerprint density at radius 3 is 2.51 bits per heavy atom. The molecule has 0 aliphatic carbocycles. The molecular formula is C36H44N6O7. The number of rotatable bonds is 15. The number of hydrogen-bond donors (Lipinski definition) is 4. The number of carbonyl (C=O) groups excluding carboxylic acids is 4.